The summed E-state index contributed by atoms with van der Waals surface area (Å²) in [7, 11) is 0. The van der Waals surface area contributed by atoms with Gasteiger partial charge < -0.3 is 15.5 Å². The van der Waals surface area contributed by atoms with Crippen molar-refractivity contribution < 1.29 is 18.0 Å². The third-order valence-corrected chi connectivity index (χ3v) is 6.90. The van der Waals surface area contributed by atoms with Gasteiger partial charge in [0.1, 0.15) is 0 Å². The first-order valence-corrected chi connectivity index (χ1v) is 12.5. The largest absolute Gasteiger partial charge is 0.416 e. The molecule has 4 nitrogen and oxygen atoms in total. The summed E-state index contributed by atoms with van der Waals surface area (Å²) < 4.78 is 40.1. The summed E-state index contributed by atoms with van der Waals surface area (Å²) in [6.45, 7) is 10.1. The molecule has 8 heteroatoms. The molecule has 35 heavy (non-hydrogen) atoms. The second kappa shape index (κ2) is 11.2. The first-order valence-electron chi connectivity index (χ1n) is 12.1. The predicted molar refractivity (Wildman–Crippen MR) is 136 cm³/mol. The lowest BCUT2D eigenvalue weighted by atomic mass is 9.94. The first-order chi connectivity index (χ1) is 16.4. The highest BCUT2D eigenvalue weighted by Crippen LogP contribution is 2.36. The highest BCUT2D eigenvalue weighted by molar-refractivity contribution is 6.30. The summed E-state index contributed by atoms with van der Waals surface area (Å²) in [4.78, 5) is 17.0. The summed E-state index contributed by atoms with van der Waals surface area (Å²) in [5.41, 5.74) is 9.08. The lowest BCUT2D eigenvalue weighted by molar-refractivity contribution is -0.137. The number of alkyl halides is 3. The zero-order chi connectivity index (χ0) is 25.9. The van der Waals surface area contributed by atoms with Crippen molar-refractivity contribution in [3.8, 4) is 0 Å². The van der Waals surface area contributed by atoms with Crippen LogP contribution >= 0.6 is 11.6 Å². The van der Waals surface area contributed by atoms with Crippen molar-refractivity contribution in [2.24, 2.45) is 17.6 Å². The van der Waals surface area contributed by atoms with Gasteiger partial charge in [-0.25, -0.2) is 0 Å². The molecule has 1 amide bonds. The average Bonchev–Trinajstić information content (AvgIpc) is 2.79. The molecule has 2 N–H and O–H groups in total. The van der Waals surface area contributed by atoms with Gasteiger partial charge in [0.05, 0.1) is 5.56 Å². The molecule has 0 aromatic heterocycles. The smallest absolute Gasteiger partial charge is 0.368 e. The summed E-state index contributed by atoms with van der Waals surface area (Å²) in [6.07, 6.45) is -3.20. The minimum absolute atomic E-state index is 0.0863. The SMILES string of the molecule is Cc1cc(Cl)ccc1CC(C)C(=O)N1CCN(c2ccc(C(F)(F)F)cc2[C@@H](N)CC(C)C)CC1. The summed E-state index contributed by atoms with van der Waals surface area (Å²) in [5, 5.41) is 0.678. The molecular weight excluding hydrogens is 475 g/mol. The zero-order valence-corrected chi connectivity index (χ0v) is 21.6. The highest BCUT2D eigenvalue weighted by atomic mass is 35.5. The van der Waals surface area contributed by atoms with E-state index >= 15 is 0 Å². The Labute approximate surface area is 211 Å². The van der Waals surface area contributed by atoms with Gasteiger partial charge in [0, 0.05) is 48.8 Å². The number of piperazine rings is 1. The van der Waals surface area contributed by atoms with Crippen LogP contribution in [0.15, 0.2) is 36.4 Å². The Balaban J connectivity index is 1.70. The van der Waals surface area contributed by atoms with Crippen molar-refractivity contribution in [3.05, 3.63) is 63.7 Å². The Morgan fingerprint density at radius 1 is 1.06 bits per heavy atom. The minimum atomic E-state index is -4.42. The standard InChI is InChI=1S/C27H35ClF3N3O/c1-17(2)13-24(32)23-16-21(27(29,30)31)6-8-25(23)33-9-11-34(12-10-33)26(35)19(4)14-20-5-7-22(28)15-18(20)3/h5-8,15-17,19,24H,9-14,32H2,1-4H3/t19?,24-/m0/s1. The molecule has 1 aliphatic heterocycles. The zero-order valence-electron chi connectivity index (χ0n) is 20.8. The summed E-state index contributed by atoms with van der Waals surface area (Å²) >= 11 is 6.04. The molecule has 2 aromatic carbocycles. The van der Waals surface area contributed by atoms with E-state index in [1.54, 1.807) is 0 Å². The maximum atomic E-state index is 13.4. The van der Waals surface area contributed by atoms with E-state index in [0.29, 0.717) is 49.6 Å². The van der Waals surface area contributed by atoms with Gasteiger partial charge in [-0.2, -0.15) is 13.2 Å². The number of rotatable bonds is 7. The maximum absolute atomic E-state index is 13.4. The lowest BCUT2D eigenvalue weighted by Gasteiger charge is -2.38. The van der Waals surface area contributed by atoms with Gasteiger partial charge in [-0.15, -0.1) is 0 Å². The number of halogens is 4. The van der Waals surface area contributed by atoms with Crippen molar-refractivity contribution in [2.45, 2.75) is 52.8 Å². The number of nitrogens with two attached hydrogens (primary N) is 1. The predicted octanol–water partition coefficient (Wildman–Crippen LogP) is 6.24. The van der Waals surface area contributed by atoms with Gasteiger partial charge in [-0.05, 0) is 72.7 Å². The molecular formula is C27H35ClF3N3O. The number of carbonyl (C=O) groups excluding carboxylic acids is 1. The van der Waals surface area contributed by atoms with Crippen LogP contribution in [0, 0.1) is 18.8 Å². The van der Waals surface area contributed by atoms with Crippen LogP contribution in [0.2, 0.25) is 5.02 Å². The van der Waals surface area contributed by atoms with E-state index < -0.39 is 17.8 Å². The molecule has 3 rings (SSSR count). The Kier molecular flexibility index (Phi) is 8.76. The molecule has 2 aromatic rings. The minimum Gasteiger partial charge on any atom is -0.368 e. The number of hydrogen-bond acceptors (Lipinski definition) is 3. The molecule has 0 aliphatic carbocycles. The molecule has 1 saturated heterocycles. The van der Waals surface area contributed by atoms with Crippen molar-refractivity contribution >= 4 is 23.2 Å². The van der Waals surface area contributed by atoms with E-state index in [2.05, 4.69) is 0 Å². The Bertz CT molecular complexity index is 1030. The Morgan fingerprint density at radius 2 is 1.71 bits per heavy atom. The normalized spacial score (nSPS) is 16.5. The molecule has 2 atom stereocenters. The quantitative estimate of drug-likeness (QED) is 0.480. The molecule has 0 saturated carbocycles. The van der Waals surface area contributed by atoms with Crippen molar-refractivity contribution in [1.82, 2.24) is 4.90 Å². The Morgan fingerprint density at radius 3 is 2.29 bits per heavy atom. The van der Waals surface area contributed by atoms with Crippen LogP contribution in [0.25, 0.3) is 0 Å². The van der Waals surface area contributed by atoms with Crippen molar-refractivity contribution in [1.29, 1.82) is 0 Å². The molecule has 0 spiro atoms. The van der Waals surface area contributed by atoms with Gasteiger partial charge in [-0.3, -0.25) is 4.79 Å². The number of benzene rings is 2. The van der Waals surface area contributed by atoms with Gasteiger partial charge >= 0.3 is 6.18 Å². The molecule has 0 bridgehead atoms. The van der Waals surface area contributed by atoms with E-state index in [9.17, 15) is 18.0 Å². The molecule has 192 valence electrons. The van der Waals surface area contributed by atoms with Crippen LogP contribution in [-0.4, -0.2) is 37.0 Å². The highest BCUT2D eigenvalue weighted by Gasteiger charge is 2.33. The fourth-order valence-corrected chi connectivity index (χ4v) is 4.96. The molecule has 1 aliphatic rings. The lowest BCUT2D eigenvalue weighted by Crippen LogP contribution is -2.50. The summed E-state index contributed by atoms with van der Waals surface area (Å²) in [5.74, 6) is 0.165. The average molecular weight is 510 g/mol. The third-order valence-electron chi connectivity index (χ3n) is 6.66. The fourth-order valence-electron chi connectivity index (χ4n) is 4.74. The number of aryl methyl sites for hydroxylation is 1. The first kappa shape index (κ1) is 27.3. The Hall–Kier alpha value is -2.25. The van der Waals surface area contributed by atoms with E-state index in [0.717, 1.165) is 22.9 Å². The van der Waals surface area contributed by atoms with Gasteiger partial charge in [0.2, 0.25) is 5.91 Å². The topological polar surface area (TPSA) is 49.6 Å². The van der Waals surface area contributed by atoms with E-state index in [-0.39, 0.29) is 17.7 Å². The van der Waals surface area contributed by atoms with Crippen LogP contribution in [0.1, 0.15) is 55.5 Å². The van der Waals surface area contributed by atoms with Crippen molar-refractivity contribution in [2.75, 3.05) is 31.1 Å². The summed E-state index contributed by atoms with van der Waals surface area (Å²) in [6, 6.07) is 9.05. The van der Waals surface area contributed by atoms with Crippen molar-refractivity contribution in [3.63, 3.8) is 0 Å². The van der Waals surface area contributed by atoms with Crippen LogP contribution in [0.4, 0.5) is 18.9 Å². The fraction of sp³-hybridized carbons (Fsp3) is 0.519. The van der Waals surface area contributed by atoms with Gasteiger partial charge in [0.15, 0.2) is 0 Å². The second-order valence-electron chi connectivity index (χ2n) is 10.00. The molecule has 1 fully saturated rings. The van der Waals surface area contributed by atoms with E-state index in [1.807, 2.05) is 55.7 Å². The van der Waals surface area contributed by atoms with Crippen LogP contribution in [0.3, 0.4) is 0 Å². The number of carbonyl (C=O) groups is 1. The number of hydrogen-bond donors (Lipinski definition) is 1. The number of anilines is 1. The number of nitrogens with zero attached hydrogens (tertiary/aromatic N) is 2. The van der Waals surface area contributed by atoms with Crippen LogP contribution in [0.5, 0.6) is 0 Å². The monoisotopic (exact) mass is 509 g/mol. The molecule has 1 unspecified atom stereocenters. The number of amides is 1. The van der Waals surface area contributed by atoms with Gasteiger partial charge in [-0.1, -0.05) is 38.4 Å². The third kappa shape index (κ3) is 6.91. The van der Waals surface area contributed by atoms with Crippen LogP contribution < -0.4 is 10.6 Å². The molecule has 1 heterocycles. The second-order valence-corrected chi connectivity index (χ2v) is 10.4. The molecule has 0 radical (unpaired) electrons. The van der Waals surface area contributed by atoms with E-state index in [4.69, 9.17) is 17.3 Å². The van der Waals surface area contributed by atoms with E-state index in [1.165, 1.54) is 12.1 Å². The maximum Gasteiger partial charge on any atom is 0.416 e. The van der Waals surface area contributed by atoms with Gasteiger partial charge in [0.25, 0.3) is 0 Å². The van der Waals surface area contributed by atoms with Crippen LogP contribution in [-0.2, 0) is 17.4 Å².